The van der Waals surface area contributed by atoms with E-state index in [1.54, 1.807) is 0 Å². The van der Waals surface area contributed by atoms with Gasteiger partial charge in [-0.25, -0.2) is 4.79 Å². The van der Waals surface area contributed by atoms with Gasteiger partial charge in [0.1, 0.15) is 6.54 Å². The lowest BCUT2D eigenvalue weighted by atomic mass is 10.6. The second kappa shape index (κ2) is 6.38. The Morgan fingerprint density at radius 2 is 1.69 bits per heavy atom. The van der Waals surface area contributed by atoms with Crippen LogP contribution in [0.5, 0.6) is 0 Å². The van der Waals surface area contributed by atoms with Crippen LogP contribution < -0.4 is 0 Å². The van der Waals surface area contributed by atoms with Gasteiger partial charge in [-0.3, -0.25) is 9.63 Å². The Balaban J connectivity index is 3.56. The van der Waals surface area contributed by atoms with E-state index in [1.807, 2.05) is 0 Å². The Hall–Kier alpha value is -1.14. The van der Waals surface area contributed by atoms with E-state index in [2.05, 4.69) is 9.47 Å². The van der Waals surface area contributed by atoms with Crippen molar-refractivity contribution in [3.8, 4) is 0 Å². The van der Waals surface area contributed by atoms with Crippen LogP contribution in [0.4, 0.5) is 0 Å². The summed E-state index contributed by atoms with van der Waals surface area (Å²) in [7, 11) is 4.04. The third kappa shape index (κ3) is 6.06. The van der Waals surface area contributed by atoms with Crippen LogP contribution in [0, 0.1) is 0 Å². The second-order valence-corrected chi connectivity index (χ2v) is 2.21. The lowest BCUT2D eigenvalue weighted by Crippen LogP contribution is -2.29. The number of hydroxylamine groups is 2. The van der Waals surface area contributed by atoms with Crippen LogP contribution in [0.25, 0.3) is 0 Å². The maximum atomic E-state index is 10.7. The maximum absolute atomic E-state index is 10.7. The number of likely N-dealkylation sites (N-methyl/N-ethyl adjacent to an activating group) is 1. The van der Waals surface area contributed by atoms with Crippen LogP contribution in [0.15, 0.2) is 0 Å². The van der Waals surface area contributed by atoms with Crippen molar-refractivity contribution < 1.29 is 23.9 Å². The van der Waals surface area contributed by atoms with Crippen molar-refractivity contribution in [2.75, 3.05) is 34.4 Å². The first-order chi connectivity index (χ1) is 6.10. The quantitative estimate of drug-likeness (QED) is 0.418. The Labute approximate surface area is 76.3 Å². The van der Waals surface area contributed by atoms with Crippen LogP contribution in [0.3, 0.4) is 0 Å². The van der Waals surface area contributed by atoms with Crippen molar-refractivity contribution in [3.63, 3.8) is 0 Å². The van der Waals surface area contributed by atoms with E-state index in [1.165, 1.54) is 26.3 Å². The molecule has 0 aliphatic carbocycles. The monoisotopic (exact) mass is 191 g/mol. The van der Waals surface area contributed by atoms with Gasteiger partial charge in [0.05, 0.1) is 14.2 Å². The molecule has 0 N–H and O–H groups in total. The van der Waals surface area contributed by atoms with Gasteiger partial charge in [0.15, 0.2) is 6.61 Å². The van der Waals surface area contributed by atoms with Crippen LogP contribution in [-0.4, -0.2) is 51.4 Å². The zero-order valence-electron chi connectivity index (χ0n) is 7.90. The van der Waals surface area contributed by atoms with E-state index in [0.29, 0.717) is 0 Å². The first-order valence-electron chi connectivity index (χ1n) is 3.57. The summed E-state index contributed by atoms with van der Waals surface area (Å²) in [5.74, 6) is -0.941. The SMILES string of the molecule is COC(=O)CON(C)CC(=O)OC. The Kier molecular flexibility index (Phi) is 5.82. The molecule has 0 saturated carbocycles. The fraction of sp³-hybridized carbons (Fsp3) is 0.714. The Morgan fingerprint density at radius 3 is 2.15 bits per heavy atom. The van der Waals surface area contributed by atoms with Crippen LogP contribution >= 0.6 is 0 Å². The molecule has 6 heteroatoms. The summed E-state index contributed by atoms with van der Waals surface area (Å²) in [5, 5.41) is 1.20. The second-order valence-electron chi connectivity index (χ2n) is 2.21. The third-order valence-corrected chi connectivity index (χ3v) is 1.21. The molecule has 0 fully saturated rings. The van der Waals surface area contributed by atoms with E-state index in [4.69, 9.17) is 4.84 Å². The summed E-state index contributed by atoms with van der Waals surface area (Å²) in [5.41, 5.74) is 0. The largest absolute Gasteiger partial charge is 0.468 e. The lowest BCUT2D eigenvalue weighted by molar-refractivity contribution is -0.182. The number of ether oxygens (including phenoxy) is 2. The molecule has 0 aromatic rings. The van der Waals surface area contributed by atoms with Crippen LogP contribution in [0.1, 0.15) is 0 Å². The minimum atomic E-state index is -0.503. The van der Waals surface area contributed by atoms with Crippen LogP contribution in [0.2, 0.25) is 0 Å². The van der Waals surface area contributed by atoms with Crippen molar-refractivity contribution in [1.82, 2.24) is 5.06 Å². The van der Waals surface area contributed by atoms with E-state index in [9.17, 15) is 9.59 Å². The molecule has 0 spiro atoms. The minimum Gasteiger partial charge on any atom is -0.468 e. The van der Waals surface area contributed by atoms with Gasteiger partial charge >= 0.3 is 11.9 Å². The van der Waals surface area contributed by atoms with Crippen molar-refractivity contribution >= 4 is 11.9 Å². The normalized spacial score (nSPS) is 9.85. The van der Waals surface area contributed by atoms with Gasteiger partial charge in [0.25, 0.3) is 0 Å². The van der Waals surface area contributed by atoms with Gasteiger partial charge < -0.3 is 9.47 Å². The minimum absolute atomic E-state index is 0.0342. The van der Waals surface area contributed by atoms with Gasteiger partial charge in [-0.15, -0.1) is 0 Å². The molecule has 0 aliphatic heterocycles. The van der Waals surface area contributed by atoms with Gasteiger partial charge in [0, 0.05) is 7.05 Å². The first kappa shape index (κ1) is 11.9. The summed E-state index contributed by atoms with van der Waals surface area (Å²) < 4.78 is 8.70. The molecule has 0 amide bonds. The number of esters is 2. The molecular weight excluding hydrogens is 178 g/mol. The molecular formula is C7H13NO5. The third-order valence-electron chi connectivity index (χ3n) is 1.21. The Bertz CT molecular complexity index is 182. The van der Waals surface area contributed by atoms with Crippen molar-refractivity contribution in [3.05, 3.63) is 0 Å². The number of rotatable bonds is 5. The molecule has 0 bridgehead atoms. The number of methoxy groups -OCH3 is 2. The summed E-state index contributed by atoms with van der Waals surface area (Å²) in [4.78, 5) is 26.1. The number of hydrogen-bond donors (Lipinski definition) is 0. The summed E-state index contributed by atoms with van der Waals surface area (Å²) in [6.45, 7) is -0.252. The zero-order valence-corrected chi connectivity index (χ0v) is 7.90. The fourth-order valence-corrected chi connectivity index (χ4v) is 0.514. The van der Waals surface area contributed by atoms with Crippen molar-refractivity contribution in [2.45, 2.75) is 0 Å². The highest BCUT2D eigenvalue weighted by atomic mass is 16.7. The predicted molar refractivity (Wildman–Crippen MR) is 42.6 cm³/mol. The summed E-state index contributed by atoms with van der Waals surface area (Å²) in [6.07, 6.45) is 0. The molecule has 13 heavy (non-hydrogen) atoms. The average molecular weight is 191 g/mol. The molecule has 76 valence electrons. The molecule has 6 nitrogen and oxygen atoms in total. The van der Waals surface area contributed by atoms with E-state index < -0.39 is 11.9 Å². The maximum Gasteiger partial charge on any atom is 0.333 e. The van der Waals surface area contributed by atoms with Gasteiger partial charge in [-0.1, -0.05) is 0 Å². The summed E-state index contributed by atoms with van der Waals surface area (Å²) >= 11 is 0. The molecule has 0 radical (unpaired) electrons. The summed E-state index contributed by atoms with van der Waals surface area (Å²) in [6, 6.07) is 0. The molecule has 0 unspecified atom stereocenters. The first-order valence-corrected chi connectivity index (χ1v) is 3.57. The molecule has 0 aromatic carbocycles. The Morgan fingerprint density at radius 1 is 1.15 bits per heavy atom. The highest BCUT2D eigenvalue weighted by Crippen LogP contribution is 1.87. The number of carbonyl (C=O) groups excluding carboxylic acids is 2. The highest BCUT2D eigenvalue weighted by Gasteiger charge is 2.08. The van der Waals surface area contributed by atoms with Crippen molar-refractivity contribution in [2.24, 2.45) is 0 Å². The van der Waals surface area contributed by atoms with E-state index in [0.717, 1.165) is 0 Å². The number of nitrogens with zero attached hydrogens (tertiary/aromatic N) is 1. The molecule has 0 aromatic heterocycles. The molecule has 0 heterocycles. The number of hydrogen-bond acceptors (Lipinski definition) is 6. The topological polar surface area (TPSA) is 65.1 Å². The molecule has 0 rings (SSSR count). The molecule has 0 saturated heterocycles. The molecule has 0 atom stereocenters. The van der Waals surface area contributed by atoms with E-state index in [-0.39, 0.29) is 13.2 Å². The van der Waals surface area contributed by atoms with E-state index >= 15 is 0 Å². The van der Waals surface area contributed by atoms with Crippen molar-refractivity contribution in [1.29, 1.82) is 0 Å². The van der Waals surface area contributed by atoms with Gasteiger partial charge in [-0.2, -0.15) is 5.06 Å². The zero-order chi connectivity index (χ0) is 10.3. The van der Waals surface area contributed by atoms with Gasteiger partial charge in [-0.05, 0) is 0 Å². The fourth-order valence-electron chi connectivity index (χ4n) is 0.514. The average Bonchev–Trinajstić information content (AvgIpc) is 2.13. The van der Waals surface area contributed by atoms with Gasteiger partial charge in [0.2, 0.25) is 0 Å². The predicted octanol–water partition coefficient (Wildman–Crippen LogP) is -0.804. The molecule has 0 aliphatic rings. The van der Waals surface area contributed by atoms with Crippen LogP contribution in [-0.2, 0) is 23.9 Å². The number of carbonyl (C=O) groups is 2. The smallest absolute Gasteiger partial charge is 0.333 e. The standard InChI is InChI=1S/C7H13NO5/c1-8(4-6(9)11-2)13-5-7(10)12-3/h4-5H2,1-3H3. The highest BCUT2D eigenvalue weighted by molar-refractivity contribution is 5.71. The lowest BCUT2D eigenvalue weighted by Gasteiger charge is -2.13.